The molecule has 0 aromatic heterocycles. The maximum absolute atomic E-state index is 14.9. The van der Waals surface area contributed by atoms with Crippen molar-refractivity contribution in [3.05, 3.63) is 71.8 Å². The highest BCUT2D eigenvalue weighted by molar-refractivity contribution is 6.20. The minimum Gasteiger partial charge on any atom is -0.374 e. The fraction of sp³-hybridized carbons (Fsp3) is 0.400. The molecular weight excluding hydrogens is 343 g/mol. The van der Waals surface area contributed by atoms with Gasteiger partial charge in [0.1, 0.15) is 12.2 Å². The maximum atomic E-state index is 14.9. The molecule has 134 valence electrons. The normalized spacial score (nSPS) is 29.0. The SMILES string of the molecule is CC1(F)[C@H](Cl)O[C@H](COCc2ccccc2)[C@@H]1OCc1ccccc1. The summed E-state index contributed by atoms with van der Waals surface area (Å²) >= 11 is 6.04. The van der Waals surface area contributed by atoms with E-state index in [2.05, 4.69) is 0 Å². The molecule has 0 aliphatic carbocycles. The first-order valence-electron chi connectivity index (χ1n) is 8.33. The van der Waals surface area contributed by atoms with Gasteiger partial charge in [0.15, 0.2) is 11.2 Å². The number of hydrogen-bond donors (Lipinski definition) is 0. The monoisotopic (exact) mass is 364 g/mol. The van der Waals surface area contributed by atoms with Crippen molar-refractivity contribution in [3.63, 3.8) is 0 Å². The summed E-state index contributed by atoms with van der Waals surface area (Å²) in [7, 11) is 0. The lowest BCUT2D eigenvalue weighted by Crippen LogP contribution is -2.42. The van der Waals surface area contributed by atoms with Gasteiger partial charge in [-0.15, -0.1) is 0 Å². The number of halogens is 2. The fourth-order valence-electron chi connectivity index (χ4n) is 2.87. The van der Waals surface area contributed by atoms with Crippen molar-refractivity contribution in [1.29, 1.82) is 0 Å². The van der Waals surface area contributed by atoms with Gasteiger partial charge in [0.25, 0.3) is 0 Å². The summed E-state index contributed by atoms with van der Waals surface area (Å²) < 4.78 is 32.0. The van der Waals surface area contributed by atoms with Gasteiger partial charge in [-0.1, -0.05) is 72.3 Å². The van der Waals surface area contributed by atoms with Gasteiger partial charge in [-0.3, -0.25) is 0 Å². The summed E-state index contributed by atoms with van der Waals surface area (Å²) in [4.78, 5) is 0. The third-order valence-corrected chi connectivity index (χ3v) is 4.83. The Labute approximate surface area is 152 Å². The first-order chi connectivity index (χ1) is 12.1. The van der Waals surface area contributed by atoms with E-state index < -0.39 is 23.4 Å². The van der Waals surface area contributed by atoms with Crippen molar-refractivity contribution in [2.75, 3.05) is 6.61 Å². The summed E-state index contributed by atoms with van der Waals surface area (Å²) in [5.74, 6) is 0. The quantitative estimate of drug-likeness (QED) is 0.678. The number of rotatable bonds is 7. The van der Waals surface area contributed by atoms with Crippen LogP contribution in [0.15, 0.2) is 60.7 Å². The van der Waals surface area contributed by atoms with Crippen molar-refractivity contribution < 1.29 is 18.6 Å². The first-order valence-corrected chi connectivity index (χ1v) is 8.76. The molecule has 1 aliphatic rings. The average Bonchev–Trinajstić information content (AvgIpc) is 2.84. The molecule has 0 saturated carbocycles. The number of benzene rings is 2. The second-order valence-corrected chi connectivity index (χ2v) is 6.76. The van der Waals surface area contributed by atoms with E-state index in [4.69, 9.17) is 25.8 Å². The first kappa shape index (κ1) is 18.3. The van der Waals surface area contributed by atoms with E-state index in [1.54, 1.807) is 0 Å². The molecule has 3 rings (SSSR count). The minimum atomic E-state index is -1.78. The highest BCUT2D eigenvalue weighted by Gasteiger charge is 2.54. The molecule has 1 saturated heterocycles. The molecule has 4 atom stereocenters. The maximum Gasteiger partial charge on any atom is 0.176 e. The van der Waals surface area contributed by atoms with Crippen LogP contribution in [0.25, 0.3) is 0 Å². The van der Waals surface area contributed by atoms with Gasteiger partial charge in [-0.25, -0.2) is 4.39 Å². The minimum absolute atomic E-state index is 0.219. The van der Waals surface area contributed by atoms with Crippen LogP contribution >= 0.6 is 11.6 Å². The Balaban J connectivity index is 1.58. The van der Waals surface area contributed by atoms with Crippen LogP contribution in [-0.2, 0) is 27.4 Å². The predicted octanol–water partition coefficient (Wildman–Crippen LogP) is 4.48. The lowest BCUT2D eigenvalue weighted by Gasteiger charge is -2.26. The Hall–Kier alpha value is -1.46. The number of hydrogen-bond acceptors (Lipinski definition) is 3. The molecule has 1 heterocycles. The molecule has 0 radical (unpaired) electrons. The molecule has 1 fully saturated rings. The van der Waals surface area contributed by atoms with E-state index >= 15 is 0 Å². The zero-order valence-electron chi connectivity index (χ0n) is 14.1. The van der Waals surface area contributed by atoms with Gasteiger partial charge in [0.05, 0.1) is 19.8 Å². The van der Waals surface area contributed by atoms with E-state index in [-0.39, 0.29) is 6.61 Å². The van der Waals surface area contributed by atoms with Crippen LogP contribution in [0.5, 0.6) is 0 Å². The molecule has 3 nitrogen and oxygen atoms in total. The van der Waals surface area contributed by atoms with Crippen LogP contribution in [0, 0.1) is 0 Å². The second-order valence-electron chi connectivity index (χ2n) is 6.36. The Morgan fingerprint density at radius 1 is 1.00 bits per heavy atom. The Morgan fingerprint density at radius 3 is 2.16 bits per heavy atom. The topological polar surface area (TPSA) is 27.7 Å². The van der Waals surface area contributed by atoms with Crippen molar-refractivity contribution in [1.82, 2.24) is 0 Å². The second kappa shape index (κ2) is 8.28. The van der Waals surface area contributed by atoms with E-state index in [0.717, 1.165) is 11.1 Å². The van der Waals surface area contributed by atoms with E-state index in [0.29, 0.717) is 13.2 Å². The van der Waals surface area contributed by atoms with Crippen molar-refractivity contribution in [2.45, 2.75) is 43.6 Å². The van der Waals surface area contributed by atoms with E-state index in [1.807, 2.05) is 60.7 Å². The molecular formula is C20H22ClFO3. The third-order valence-electron chi connectivity index (χ3n) is 4.30. The fourth-order valence-corrected chi connectivity index (χ4v) is 3.13. The van der Waals surface area contributed by atoms with Crippen LogP contribution in [-0.4, -0.2) is 30.0 Å². The zero-order chi connectivity index (χ0) is 17.7. The number of ether oxygens (including phenoxy) is 3. The Morgan fingerprint density at radius 2 is 1.56 bits per heavy atom. The zero-order valence-corrected chi connectivity index (χ0v) is 14.9. The third kappa shape index (κ3) is 4.59. The lowest BCUT2D eigenvalue weighted by atomic mass is 10.0. The van der Waals surface area contributed by atoms with Crippen molar-refractivity contribution in [2.24, 2.45) is 0 Å². The van der Waals surface area contributed by atoms with E-state index in [1.165, 1.54) is 6.92 Å². The summed E-state index contributed by atoms with van der Waals surface area (Å²) in [6.45, 7) is 2.36. The van der Waals surface area contributed by atoms with Gasteiger partial charge in [-0.05, 0) is 18.1 Å². The van der Waals surface area contributed by atoms with Crippen molar-refractivity contribution in [3.8, 4) is 0 Å². The highest BCUT2D eigenvalue weighted by Crippen LogP contribution is 2.39. The molecule has 0 N–H and O–H groups in total. The van der Waals surface area contributed by atoms with Crippen LogP contribution in [0.3, 0.4) is 0 Å². The molecule has 0 spiro atoms. The van der Waals surface area contributed by atoms with E-state index in [9.17, 15) is 4.39 Å². The van der Waals surface area contributed by atoms with Crippen molar-refractivity contribution >= 4 is 11.6 Å². The highest BCUT2D eigenvalue weighted by atomic mass is 35.5. The largest absolute Gasteiger partial charge is 0.374 e. The summed E-state index contributed by atoms with van der Waals surface area (Å²) in [5, 5.41) is 0. The lowest BCUT2D eigenvalue weighted by molar-refractivity contribution is -0.0798. The predicted molar refractivity (Wildman–Crippen MR) is 95.1 cm³/mol. The smallest absolute Gasteiger partial charge is 0.176 e. The van der Waals surface area contributed by atoms with Gasteiger partial charge in [0, 0.05) is 0 Å². The van der Waals surface area contributed by atoms with Gasteiger partial charge in [0.2, 0.25) is 0 Å². The summed E-state index contributed by atoms with van der Waals surface area (Å²) in [6, 6.07) is 19.4. The van der Waals surface area contributed by atoms with Crippen LogP contribution in [0.4, 0.5) is 4.39 Å². The Kier molecular flexibility index (Phi) is 6.07. The molecule has 1 unspecified atom stereocenters. The summed E-state index contributed by atoms with van der Waals surface area (Å²) in [5.41, 5.74) is -0.816. The molecule has 25 heavy (non-hydrogen) atoms. The average molecular weight is 365 g/mol. The van der Waals surface area contributed by atoms with Crippen LogP contribution < -0.4 is 0 Å². The molecule has 0 bridgehead atoms. The molecule has 5 heteroatoms. The van der Waals surface area contributed by atoms with Gasteiger partial charge in [-0.2, -0.15) is 0 Å². The Bertz CT molecular complexity index is 651. The van der Waals surface area contributed by atoms with Crippen LogP contribution in [0.1, 0.15) is 18.1 Å². The van der Waals surface area contributed by atoms with Gasteiger partial charge >= 0.3 is 0 Å². The van der Waals surface area contributed by atoms with Gasteiger partial charge < -0.3 is 14.2 Å². The molecule has 1 aliphatic heterocycles. The molecule has 2 aromatic carbocycles. The molecule has 0 amide bonds. The molecule has 2 aromatic rings. The number of alkyl halides is 2. The van der Waals surface area contributed by atoms with Crippen LogP contribution in [0.2, 0.25) is 0 Å². The standard InChI is InChI=1S/C20H22ClFO3/c1-20(22)18(24-13-16-10-6-3-7-11-16)17(25-19(20)21)14-23-12-15-8-4-2-5-9-15/h2-11,17-19H,12-14H2,1H3/t17-,18+,19-,20?/m1/s1. The summed E-state index contributed by atoms with van der Waals surface area (Å²) in [6.07, 6.45) is -1.34.